The minimum atomic E-state index is 0.679. The molecule has 0 amide bonds. The normalized spacial score (nSPS) is 16.8. The molecule has 2 N–H and O–H groups in total. The van der Waals surface area contributed by atoms with Crippen molar-refractivity contribution in [1.82, 2.24) is 14.7 Å². The molecule has 2 aromatic rings. The smallest absolute Gasteiger partial charge is 0.138 e. The monoisotopic (exact) mass is 272 g/mol. The summed E-state index contributed by atoms with van der Waals surface area (Å²) in [4.78, 5) is 4.74. The molecular weight excluding hydrogens is 248 g/mol. The number of hydrogen-bond donors (Lipinski definition) is 2. The van der Waals surface area contributed by atoms with E-state index in [2.05, 4.69) is 41.1 Å². The molecule has 1 fully saturated rings. The third kappa shape index (κ3) is 2.18. The zero-order chi connectivity index (χ0) is 14.1. The molecule has 4 nitrogen and oxygen atoms in total. The number of fused-ring (bicyclic) bond motifs is 1. The second-order valence-electron chi connectivity index (χ2n) is 5.67. The maximum atomic E-state index is 4.74. The van der Waals surface area contributed by atoms with E-state index in [1.54, 1.807) is 0 Å². The first-order valence-corrected chi connectivity index (χ1v) is 7.64. The highest BCUT2D eigenvalue weighted by Gasteiger charge is 2.19. The maximum Gasteiger partial charge on any atom is 0.138 e. The fourth-order valence-electron chi connectivity index (χ4n) is 3.32. The summed E-state index contributed by atoms with van der Waals surface area (Å²) in [6.45, 7) is 6.64. The number of hydrogen-bond acceptors (Lipinski definition) is 3. The van der Waals surface area contributed by atoms with Crippen LogP contribution >= 0.6 is 0 Å². The molecule has 0 aromatic carbocycles. The van der Waals surface area contributed by atoms with E-state index in [9.17, 15) is 0 Å². The van der Waals surface area contributed by atoms with Crippen molar-refractivity contribution in [3.05, 3.63) is 29.1 Å². The largest absolute Gasteiger partial charge is 0.373 e. The number of rotatable bonds is 3. The summed E-state index contributed by atoms with van der Waals surface area (Å²) < 4.78 is 2.23. The van der Waals surface area contributed by atoms with Crippen molar-refractivity contribution >= 4 is 11.5 Å². The van der Waals surface area contributed by atoms with Gasteiger partial charge in [-0.25, -0.2) is 4.98 Å². The van der Waals surface area contributed by atoms with Crippen LogP contribution in [-0.4, -0.2) is 29.5 Å². The van der Waals surface area contributed by atoms with Gasteiger partial charge >= 0.3 is 0 Å². The van der Waals surface area contributed by atoms with E-state index in [1.165, 1.54) is 24.0 Å². The molecule has 3 rings (SSSR count). The zero-order valence-electron chi connectivity index (χ0n) is 12.7. The van der Waals surface area contributed by atoms with Crippen molar-refractivity contribution in [3.63, 3.8) is 0 Å². The highest BCUT2D eigenvalue weighted by molar-refractivity contribution is 5.57. The molecule has 1 aliphatic rings. The van der Waals surface area contributed by atoms with Gasteiger partial charge < -0.3 is 10.6 Å². The van der Waals surface area contributed by atoms with Gasteiger partial charge in [0, 0.05) is 13.2 Å². The second kappa shape index (κ2) is 5.44. The summed E-state index contributed by atoms with van der Waals surface area (Å²) in [5, 5.41) is 6.75. The van der Waals surface area contributed by atoms with E-state index in [0.29, 0.717) is 5.92 Å². The van der Waals surface area contributed by atoms with Gasteiger partial charge in [0.25, 0.3) is 0 Å². The van der Waals surface area contributed by atoms with E-state index in [-0.39, 0.29) is 0 Å². The van der Waals surface area contributed by atoms with Crippen LogP contribution in [-0.2, 0) is 6.42 Å². The van der Waals surface area contributed by atoms with Crippen LogP contribution in [0.2, 0.25) is 0 Å². The molecule has 0 bridgehead atoms. The topological polar surface area (TPSA) is 41.4 Å². The Labute approximate surface area is 120 Å². The fraction of sp³-hybridized carbons (Fsp3) is 0.562. The van der Waals surface area contributed by atoms with E-state index in [4.69, 9.17) is 4.98 Å². The summed E-state index contributed by atoms with van der Waals surface area (Å²) in [6, 6.07) is 2.23. The number of imidazole rings is 1. The van der Waals surface area contributed by atoms with Gasteiger partial charge in [-0.3, -0.25) is 4.40 Å². The molecule has 0 spiro atoms. The van der Waals surface area contributed by atoms with Crippen molar-refractivity contribution in [2.75, 3.05) is 25.5 Å². The number of anilines is 1. The highest BCUT2D eigenvalue weighted by atomic mass is 15.1. The number of nitrogens with zero attached hydrogens (tertiary/aromatic N) is 2. The van der Waals surface area contributed by atoms with Crippen molar-refractivity contribution in [1.29, 1.82) is 0 Å². The molecule has 0 atom stereocenters. The first-order chi connectivity index (χ1) is 9.74. The highest BCUT2D eigenvalue weighted by Crippen LogP contribution is 2.30. The minimum absolute atomic E-state index is 0.679. The molecule has 0 radical (unpaired) electrons. The molecular formula is C16H24N4. The molecule has 0 saturated carbocycles. The van der Waals surface area contributed by atoms with Crippen molar-refractivity contribution in [3.8, 4) is 0 Å². The maximum absolute atomic E-state index is 4.74. The molecule has 1 aliphatic heterocycles. The first-order valence-electron chi connectivity index (χ1n) is 7.64. The molecule has 3 heterocycles. The van der Waals surface area contributed by atoms with Crippen LogP contribution in [0.1, 0.15) is 42.5 Å². The molecule has 0 aliphatic carbocycles. The third-order valence-corrected chi connectivity index (χ3v) is 4.43. The Morgan fingerprint density at radius 3 is 2.80 bits per heavy atom. The number of piperidine rings is 1. The van der Waals surface area contributed by atoms with Crippen molar-refractivity contribution < 1.29 is 0 Å². The molecule has 1 saturated heterocycles. The molecule has 4 heteroatoms. The minimum Gasteiger partial charge on any atom is -0.373 e. The Bertz CT molecular complexity index is 608. The van der Waals surface area contributed by atoms with E-state index in [1.807, 2.05) is 7.05 Å². The Morgan fingerprint density at radius 2 is 2.15 bits per heavy atom. The predicted molar refractivity (Wildman–Crippen MR) is 83.7 cm³/mol. The van der Waals surface area contributed by atoms with Gasteiger partial charge in [0.1, 0.15) is 11.5 Å². The van der Waals surface area contributed by atoms with Crippen LogP contribution < -0.4 is 10.6 Å². The van der Waals surface area contributed by atoms with Gasteiger partial charge in [-0.1, -0.05) is 6.92 Å². The van der Waals surface area contributed by atoms with Gasteiger partial charge in [0.2, 0.25) is 0 Å². The lowest BCUT2D eigenvalue weighted by Crippen LogP contribution is -2.27. The molecule has 0 unspecified atom stereocenters. The van der Waals surface area contributed by atoms with Crippen molar-refractivity contribution in [2.24, 2.45) is 0 Å². The summed E-state index contributed by atoms with van der Waals surface area (Å²) in [6.07, 6.45) is 5.73. The van der Waals surface area contributed by atoms with Gasteiger partial charge in [-0.2, -0.15) is 0 Å². The molecule has 108 valence electrons. The van der Waals surface area contributed by atoms with Crippen LogP contribution in [0.25, 0.3) is 5.65 Å². The Morgan fingerprint density at radius 1 is 1.40 bits per heavy atom. The summed E-state index contributed by atoms with van der Waals surface area (Å²) in [7, 11) is 1.98. The lowest BCUT2D eigenvalue weighted by Gasteiger charge is -2.24. The average Bonchev–Trinajstić information content (AvgIpc) is 2.83. The SMILES string of the molecule is CCc1nc2cc(C)c(C3CCNCC3)cn2c1NC. The summed E-state index contributed by atoms with van der Waals surface area (Å²) in [5.41, 5.74) is 5.06. The van der Waals surface area contributed by atoms with Gasteiger partial charge in [0.15, 0.2) is 0 Å². The number of nitrogens with one attached hydrogen (secondary N) is 2. The Hall–Kier alpha value is -1.55. The van der Waals surface area contributed by atoms with E-state index in [0.717, 1.165) is 36.7 Å². The third-order valence-electron chi connectivity index (χ3n) is 4.43. The van der Waals surface area contributed by atoms with Crippen LogP contribution in [0, 0.1) is 6.92 Å². The van der Waals surface area contributed by atoms with Crippen LogP contribution in [0.4, 0.5) is 5.82 Å². The Kier molecular flexibility index (Phi) is 3.66. The van der Waals surface area contributed by atoms with Gasteiger partial charge in [-0.05, 0) is 62.4 Å². The number of pyridine rings is 1. The molecule has 2 aromatic heterocycles. The van der Waals surface area contributed by atoms with Crippen LogP contribution in [0.3, 0.4) is 0 Å². The predicted octanol–water partition coefficient (Wildman–Crippen LogP) is 2.71. The number of aryl methyl sites for hydroxylation is 2. The standard InChI is InChI=1S/C16H24N4/c1-4-14-16(17-3)20-10-13(11(2)9-15(20)19-14)12-5-7-18-8-6-12/h9-10,12,17-18H,4-8H2,1-3H3. The van der Waals surface area contributed by atoms with Crippen LogP contribution in [0.5, 0.6) is 0 Å². The Balaban J connectivity index is 2.11. The van der Waals surface area contributed by atoms with E-state index >= 15 is 0 Å². The van der Waals surface area contributed by atoms with E-state index < -0.39 is 0 Å². The summed E-state index contributed by atoms with van der Waals surface area (Å²) in [5.74, 6) is 1.82. The van der Waals surface area contributed by atoms with Crippen molar-refractivity contribution in [2.45, 2.75) is 39.0 Å². The lowest BCUT2D eigenvalue weighted by atomic mass is 9.89. The number of aromatic nitrogens is 2. The quantitative estimate of drug-likeness (QED) is 0.902. The van der Waals surface area contributed by atoms with Gasteiger partial charge in [0.05, 0.1) is 5.69 Å². The first kappa shape index (κ1) is 13.4. The fourth-order valence-corrected chi connectivity index (χ4v) is 3.32. The lowest BCUT2D eigenvalue weighted by molar-refractivity contribution is 0.458. The molecule has 20 heavy (non-hydrogen) atoms. The average molecular weight is 272 g/mol. The second-order valence-corrected chi connectivity index (χ2v) is 5.67. The zero-order valence-corrected chi connectivity index (χ0v) is 12.7. The van der Waals surface area contributed by atoms with Gasteiger partial charge in [-0.15, -0.1) is 0 Å². The van der Waals surface area contributed by atoms with Crippen LogP contribution in [0.15, 0.2) is 12.3 Å². The summed E-state index contributed by atoms with van der Waals surface area (Å²) >= 11 is 0.